The zero-order valence-electron chi connectivity index (χ0n) is 9.96. The first-order chi connectivity index (χ1) is 9.51. The van der Waals surface area contributed by atoms with Gasteiger partial charge in [0.2, 0.25) is 0 Å². The van der Waals surface area contributed by atoms with Crippen LogP contribution in [0.5, 0.6) is 0 Å². The number of alkyl halides is 3. The molecule has 0 spiro atoms. The van der Waals surface area contributed by atoms with Crippen molar-refractivity contribution in [2.45, 2.75) is 5.51 Å². The molecule has 6 nitrogen and oxygen atoms in total. The van der Waals surface area contributed by atoms with Gasteiger partial charge in [-0.05, 0) is 18.2 Å². The van der Waals surface area contributed by atoms with Gasteiger partial charge in [-0.3, -0.25) is 15.6 Å². The van der Waals surface area contributed by atoms with Crippen LogP contribution in [0.15, 0.2) is 18.2 Å². The topological polar surface area (TPSA) is 87.3 Å². The van der Waals surface area contributed by atoms with Crippen LogP contribution >= 0.6 is 23.2 Å². The minimum absolute atomic E-state index is 0.261. The van der Waals surface area contributed by atoms with Crippen molar-refractivity contribution in [1.29, 1.82) is 0 Å². The van der Waals surface area contributed by atoms with Crippen LogP contribution in [-0.2, 0) is 14.8 Å². The molecule has 0 fully saturated rings. The Morgan fingerprint density at radius 3 is 2.14 bits per heavy atom. The smallest absolute Gasteiger partial charge is 0.298 e. The van der Waals surface area contributed by atoms with E-state index >= 15 is 0 Å². The van der Waals surface area contributed by atoms with Gasteiger partial charge < -0.3 is 0 Å². The maximum Gasteiger partial charge on any atom is 0.511 e. The number of nitrogens with one attached hydrogen (secondary N) is 3. The Hall–Kier alpha value is -1.23. The van der Waals surface area contributed by atoms with Crippen molar-refractivity contribution in [2.75, 3.05) is 12.0 Å². The Balaban J connectivity index is 2.52. The predicted octanol–water partition coefficient (Wildman–Crippen LogP) is 1.88. The number of halogens is 5. The number of amides is 1. The number of anilines is 1. The molecule has 1 amide bonds. The zero-order valence-corrected chi connectivity index (χ0v) is 12.3. The minimum atomic E-state index is -5.57. The van der Waals surface area contributed by atoms with E-state index in [0.29, 0.717) is 0 Å². The third-order valence-electron chi connectivity index (χ3n) is 1.94. The van der Waals surface area contributed by atoms with E-state index in [9.17, 15) is 26.4 Å². The number of rotatable bonds is 5. The lowest BCUT2D eigenvalue weighted by molar-refractivity contribution is -0.119. The van der Waals surface area contributed by atoms with E-state index in [1.165, 1.54) is 18.2 Å². The number of sulfonamides is 1. The first-order valence-electron chi connectivity index (χ1n) is 5.08. The highest BCUT2D eigenvalue weighted by Gasteiger charge is 2.45. The lowest BCUT2D eigenvalue weighted by Gasteiger charge is -2.11. The molecule has 1 aromatic rings. The van der Waals surface area contributed by atoms with Crippen LogP contribution in [0.2, 0.25) is 10.0 Å². The monoisotopic (exact) mass is 365 g/mol. The molecule has 0 saturated carbocycles. The molecule has 0 aliphatic rings. The Kier molecular flexibility index (Phi) is 5.68. The summed E-state index contributed by atoms with van der Waals surface area (Å²) in [6, 6.07) is 4.19. The SMILES string of the molecule is O=C(CNS(=O)(=O)C(F)(F)F)NNc1cc(Cl)cc(Cl)c1. The Labute approximate surface area is 127 Å². The van der Waals surface area contributed by atoms with Crippen LogP contribution in [0.3, 0.4) is 0 Å². The quantitative estimate of drug-likeness (QED) is 0.695. The Bertz CT molecular complexity index is 617. The van der Waals surface area contributed by atoms with Gasteiger partial charge in [-0.2, -0.15) is 17.9 Å². The fourth-order valence-electron chi connectivity index (χ4n) is 1.05. The second-order valence-electron chi connectivity index (χ2n) is 3.60. The molecule has 0 radical (unpaired) electrons. The molecule has 1 aromatic carbocycles. The highest BCUT2D eigenvalue weighted by molar-refractivity contribution is 7.90. The number of carbonyl (C=O) groups excluding carboxylic acids is 1. The van der Waals surface area contributed by atoms with Gasteiger partial charge >= 0.3 is 15.5 Å². The molecule has 21 heavy (non-hydrogen) atoms. The van der Waals surface area contributed by atoms with E-state index in [1.54, 1.807) is 0 Å². The molecule has 0 aliphatic carbocycles. The third-order valence-corrected chi connectivity index (χ3v) is 3.51. The molecule has 12 heteroatoms. The highest BCUT2D eigenvalue weighted by atomic mass is 35.5. The maximum atomic E-state index is 12.0. The molecule has 0 unspecified atom stereocenters. The molecule has 0 saturated heterocycles. The zero-order chi connectivity index (χ0) is 16.3. The molecule has 3 N–H and O–H groups in total. The Morgan fingerprint density at radius 1 is 1.14 bits per heavy atom. The van der Waals surface area contributed by atoms with E-state index < -0.39 is 28.0 Å². The summed E-state index contributed by atoms with van der Waals surface area (Å²) in [4.78, 5) is 11.2. The molecule has 118 valence electrons. The summed E-state index contributed by atoms with van der Waals surface area (Å²) >= 11 is 11.4. The minimum Gasteiger partial charge on any atom is -0.298 e. The largest absolute Gasteiger partial charge is 0.511 e. The standard InChI is InChI=1S/C9H8Cl2F3N3O3S/c10-5-1-6(11)3-7(2-5)16-17-8(18)4-15-21(19,20)9(12,13)14/h1-3,15-16H,4H2,(H,17,18). The van der Waals surface area contributed by atoms with Crippen molar-refractivity contribution in [3.63, 3.8) is 0 Å². The Morgan fingerprint density at radius 2 is 1.67 bits per heavy atom. The molecule has 0 aromatic heterocycles. The normalized spacial score (nSPS) is 12.0. The number of benzene rings is 1. The average molecular weight is 366 g/mol. The summed E-state index contributed by atoms with van der Waals surface area (Å²) in [5, 5.41) is 0.522. The van der Waals surface area contributed by atoms with Gasteiger partial charge in [-0.15, -0.1) is 0 Å². The van der Waals surface area contributed by atoms with E-state index in [2.05, 4.69) is 5.43 Å². The summed E-state index contributed by atoms with van der Waals surface area (Å²) in [5.74, 6) is -1.04. The number of carbonyl (C=O) groups is 1. The second kappa shape index (κ2) is 6.69. The van der Waals surface area contributed by atoms with Gasteiger partial charge in [0.05, 0.1) is 12.2 Å². The number of hydrogen-bond acceptors (Lipinski definition) is 4. The predicted molar refractivity (Wildman–Crippen MR) is 71.2 cm³/mol. The first kappa shape index (κ1) is 17.8. The molecule has 1 rings (SSSR count). The van der Waals surface area contributed by atoms with Crippen LogP contribution in [0.4, 0.5) is 18.9 Å². The summed E-state index contributed by atoms with van der Waals surface area (Å²) < 4.78 is 58.4. The fourth-order valence-corrected chi connectivity index (χ4v) is 2.07. The van der Waals surface area contributed by atoms with Crippen LogP contribution in [0, 0.1) is 0 Å². The van der Waals surface area contributed by atoms with Crippen molar-refractivity contribution in [2.24, 2.45) is 0 Å². The average Bonchev–Trinajstić information content (AvgIpc) is 2.31. The first-order valence-corrected chi connectivity index (χ1v) is 7.32. The van der Waals surface area contributed by atoms with Gasteiger partial charge in [0.15, 0.2) is 0 Å². The van der Waals surface area contributed by atoms with E-state index in [0.717, 1.165) is 4.72 Å². The van der Waals surface area contributed by atoms with Gasteiger partial charge in [-0.25, -0.2) is 8.42 Å². The summed E-state index contributed by atoms with van der Waals surface area (Å²) in [6.07, 6.45) is 0. The summed E-state index contributed by atoms with van der Waals surface area (Å²) in [5.41, 5.74) is -0.928. The van der Waals surface area contributed by atoms with E-state index in [-0.39, 0.29) is 15.7 Å². The third kappa shape index (κ3) is 5.58. The fraction of sp³-hybridized carbons (Fsp3) is 0.222. The lowest BCUT2D eigenvalue weighted by atomic mass is 10.3. The van der Waals surface area contributed by atoms with Crippen molar-refractivity contribution in [3.05, 3.63) is 28.2 Å². The molecule has 0 bridgehead atoms. The molecule has 0 atom stereocenters. The summed E-state index contributed by atoms with van der Waals surface area (Å²) in [6.45, 7) is -1.09. The lowest BCUT2D eigenvalue weighted by Crippen LogP contribution is -2.43. The van der Waals surface area contributed by atoms with E-state index in [4.69, 9.17) is 23.2 Å². The molecular weight excluding hydrogens is 358 g/mol. The second-order valence-corrected chi connectivity index (χ2v) is 6.23. The van der Waals surface area contributed by atoms with Crippen LogP contribution in [-0.4, -0.2) is 26.4 Å². The maximum absolute atomic E-state index is 12.0. The summed E-state index contributed by atoms with van der Waals surface area (Å²) in [7, 11) is -5.57. The van der Waals surface area contributed by atoms with Crippen LogP contribution in [0.1, 0.15) is 0 Å². The van der Waals surface area contributed by atoms with Gasteiger partial charge in [0, 0.05) is 10.0 Å². The molecule has 0 aliphatic heterocycles. The van der Waals surface area contributed by atoms with Crippen LogP contribution < -0.4 is 15.6 Å². The van der Waals surface area contributed by atoms with Crippen molar-refractivity contribution in [3.8, 4) is 0 Å². The van der Waals surface area contributed by atoms with Gasteiger partial charge in [0.25, 0.3) is 5.91 Å². The van der Waals surface area contributed by atoms with Crippen LogP contribution in [0.25, 0.3) is 0 Å². The number of hydrazine groups is 1. The van der Waals surface area contributed by atoms with Crippen molar-refractivity contribution in [1.82, 2.24) is 10.1 Å². The van der Waals surface area contributed by atoms with E-state index in [1.807, 2.05) is 5.43 Å². The highest BCUT2D eigenvalue weighted by Crippen LogP contribution is 2.22. The molecular formula is C9H8Cl2F3N3O3S. The number of hydrogen-bond donors (Lipinski definition) is 3. The van der Waals surface area contributed by atoms with Gasteiger partial charge in [0.1, 0.15) is 0 Å². The van der Waals surface area contributed by atoms with Crippen molar-refractivity contribution < 1.29 is 26.4 Å². The van der Waals surface area contributed by atoms with Crippen molar-refractivity contribution >= 4 is 44.8 Å². The van der Waals surface area contributed by atoms with Gasteiger partial charge in [-0.1, -0.05) is 23.2 Å². The molecule has 0 heterocycles.